The second kappa shape index (κ2) is 4.85. The fourth-order valence-electron chi connectivity index (χ4n) is 1.09. The molecule has 0 unspecified atom stereocenters. The largest absolute Gasteiger partial charge is 0.324 e. The lowest BCUT2D eigenvalue weighted by Gasteiger charge is -2.12. The van der Waals surface area contributed by atoms with Gasteiger partial charge in [0.15, 0.2) is 0 Å². The summed E-state index contributed by atoms with van der Waals surface area (Å²) in [4.78, 5) is 0. The summed E-state index contributed by atoms with van der Waals surface area (Å²) in [5.41, 5.74) is 6.41. The molecule has 0 aromatic heterocycles. The summed E-state index contributed by atoms with van der Waals surface area (Å²) in [6.07, 6.45) is -2.62. The SMILES string of the molecule is N[C@H](CC(F)F)c1ccccc1I. The van der Waals surface area contributed by atoms with Crippen LogP contribution in [0.15, 0.2) is 24.3 Å². The van der Waals surface area contributed by atoms with E-state index in [1.165, 1.54) is 0 Å². The third kappa shape index (κ3) is 3.19. The Bertz CT molecular complexity index is 278. The average molecular weight is 297 g/mol. The van der Waals surface area contributed by atoms with Crippen LogP contribution in [0, 0.1) is 3.57 Å². The summed E-state index contributed by atoms with van der Waals surface area (Å²) in [6.45, 7) is 0. The minimum absolute atomic E-state index is 0.278. The minimum atomic E-state index is -2.34. The third-order valence-corrected chi connectivity index (χ3v) is 2.72. The molecule has 72 valence electrons. The van der Waals surface area contributed by atoms with E-state index in [0.717, 1.165) is 9.13 Å². The van der Waals surface area contributed by atoms with Gasteiger partial charge >= 0.3 is 0 Å². The van der Waals surface area contributed by atoms with Crippen LogP contribution in [0.1, 0.15) is 18.0 Å². The van der Waals surface area contributed by atoms with E-state index in [1.807, 2.05) is 18.2 Å². The van der Waals surface area contributed by atoms with E-state index < -0.39 is 12.5 Å². The lowest BCUT2D eigenvalue weighted by Crippen LogP contribution is -2.15. The number of hydrogen-bond acceptors (Lipinski definition) is 1. The molecule has 0 spiro atoms. The lowest BCUT2D eigenvalue weighted by molar-refractivity contribution is 0.128. The van der Waals surface area contributed by atoms with Gasteiger partial charge in [0.05, 0.1) is 0 Å². The second-order valence-corrected chi connectivity index (χ2v) is 3.92. The first-order valence-electron chi connectivity index (χ1n) is 3.89. The molecule has 0 amide bonds. The first kappa shape index (κ1) is 10.8. The third-order valence-electron chi connectivity index (χ3n) is 1.74. The molecule has 0 aliphatic rings. The zero-order valence-electron chi connectivity index (χ0n) is 6.88. The number of benzene rings is 1. The fourth-order valence-corrected chi connectivity index (χ4v) is 1.88. The summed E-state index contributed by atoms with van der Waals surface area (Å²) in [5.74, 6) is 0. The highest BCUT2D eigenvalue weighted by molar-refractivity contribution is 14.1. The molecule has 0 aliphatic heterocycles. The van der Waals surface area contributed by atoms with Crippen molar-refractivity contribution < 1.29 is 8.78 Å². The van der Waals surface area contributed by atoms with E-state index in [0.29, 0.717) is 0 Å². The monoisotopic (exact) mass is 297 g/mol. The Morgan fingerprint density at radius 2 is 1.92 bits per heavy atom. The molecule has 13 heavy (non-hydrogen) atoms. The van der Waals surface area contributed by atoms with Crippen molar-refractivity contribution in [3.05, 3.63) is 33.4 Å². The highest BCUT2D eigenvalue weighted by atomic mass is 127. The van der Waals surface area contributed by atoms with Gasteiger partial charge in [0.2, 0.25) is 6.43 Å². The molecule has 0 saturated carbocycles. The van der Waals surface area contributed by atoms with E-state index in [-0.39, 0.29) is 6.42 Å². The number of hydrogen-bond donors (Lipinski definition) is 1. The van der Waals surface area contributed by atoms with E-state index in [2.05, 4.69) is 22.6 Å². The van der Waals surface area contributed by atoms with Crippen molar-refractivity contribution in [2.75, 3.05) is 0 Å². The molecule has 0 saturated heterocycles. The summed E-state index contributed by atoms with van der Waals surface area (Å²) < 4.78 is 25.0. The Morgan fingerprint density at radius 3 is 2.46 bits per heavy atom. The Labute approximate surface area is 89.5 Å². The maximum atomic E-state index is 12.0. The van der Waals surface area contributed by atoms with Crippen LogP contribution in [-0.2, 0) is 0 Å². The van der Waals surface area contributed by atoms with Crippen LogP contribution in [0.25, 0.3) is 0 Å². The van der Waals surface area contributed by atoms with Gasteiger partial charge in [0.25, 0.3) is 0 Å². The quantitative estimate of drug-likeness (QED) is 0.853. The van der Waals surface area contributed by atoms with Gasteiger partial charge in [0.1, 0.15) is 0 Å². The molecule has 0 heterocycles. The molecule has 1 rings (SSSR count). The zero-order valence-corrected chi connectivity index (χ0v) is 9.04. The van der Waals surface area contributed by atoms with E-state index in [1.54, 1.807) is 6.07 Å². The maximum Gasteiger partial charge on any atom is 0.240 e. The summed E-state index contributed by atoms with van der Waals surface area (Å²) in [5, 5.41) is 0. The van der Waals surface area contributed by atoms with Gasteiger partial charge in [-0.3, -0.25) is 0 Å². The van der Waals surface area contributed by atoms with Crippen LogP contribution in [0.5, 0.6) is 0 Å². The first-order chi connectivity index (χ1) is 6.11. The molecule has 0 aliphatic carbocycles. The van der Waals surface area contributed by atoms with Gasteiger partial charge in [-0.1, -0.05) is 18.2 Å². The van der Waals surface area contributed by atoms with Gasteiger partial charge in [0, 0.05) is 16.0 Å². The Hall–Kier alpha value is -0.230. The number of rotatable bonds is 3. The molecule has 1 aromatic rings. The van der Waals surface area contributed by atoms with Gasteiger partial charge < -0.3 is 5.73 Å². The van der Waals surface area contributed by atoms with Gasteiger partial charge in [-0.15, -0.1) is 0 Å². The van der Waals surface area contributed by atoms with Crippen molar-refractivity contribution in [3.8, 4) is 0 Å². The molecule has 0 radical (unpaired) electrons. The van der Waals surface area contributed by atoms with Crippen molar-refractivity contribution in [1.29, 1.82) is 0 Å². The molecule has 2 N–H and O–H groups in total. The predicted octanol–water partition coefficient (Wildman–Crippen LogP) is 2.95. The van der Waals surface area contributed by atoms with Gasteiger partial charge in [-0.05, 0) is 34.2 Å². The predicted molar refractivity (Wildman–Crippen MR) is 56.7 cm³/mol. The highest BCUT2D eigenvalue weighted by Crippen LogP contribution is 2.22. The van der Waals surface area contributed by atoms with Crippen LogP contribution in [0.3, 0.4) is 0 Å². The molecule has 0 bridgehead atoms. The van der Waals surface area contributed by atoms with Gasteiger partial charge in [-0.2, -0.15) is 0 Å². The van der Waals surface area contributed by atoms with Crippen LogP contribution in [0.2, 0.25) is 0 Å². The summed E-state index contributed by atoms with van der Waals surface area (Å²) >= 11 is 2.10. The van der Waals surface area contributed by atoms with E-state index >= 15 is 0 Å². The molecule has 0 fully saturated rings. The molecule has 1 nitrogen and oxygen atoms in total. The van der Waals surface area contributed by atoms with Gasteiger partial charge in [-0.25, -0.2) is 8.78 Å². The fraction of sp³-hybridized carbons (Fsp3) is 0.333. The van der Waals surface area contributed by atoms with Crippen molar-refractivity contribution >= 4 is 22.6 Å². The van der Waals surface area contributed by atoms with Crippen molar-refractivity contribution in [3.63, 3.8) is 0 Å². The number of alkyl halides is 2. The zero-order chi connectivity index (χ0) is 9.84. The number of halogens is 3. The molecule has 1 atom stereocenters. The number of nitrogens with two attached hydrogens (primary N) is 1. The van der Waals surface area contributed by atoms with E-state index in [4.69, 9.17) is 5.73 Å². The summed E-state index contributed by atoms with van der Waals surface area (Å²) in [7, 11) is 0. The minimum Gasteiger partial charge on any atom is -0.324 e. The molecule has 1 aromatic carbocycles. The summed E-state index contributed by atoms with van der Waals surface area (Å²) in [6, 6.07) is 6.76. The standard InChI is InChI=1S/C9H10F2IN/c10-9(11)5-8(13)6-3-1-2-4-7(6)12/h1-4,8-9H,5,13H2/t8-/m1/s1. The molecule has 4 heteroatoms. The van der Waals surface area contributed by atoms with Crippen LogP contribution >= 0.6 is 22.6 Å². The second-order valence-electron chi connectivity index (χ2n) is 2.75. The molecular weight excluding hydrogens is 287 g/mol. The smallest absolute Gasteiger partial charge is 0.240 e. The normalized spacial score (nSPS) is 13.3. The first-order valence-corrected chi connectivity index (χ1v) is 4.97. The van der Waals surface area contributed by atoms with Crippen molar-refractivity contribution in [2.24, 2.45) is 5.73 Å². The Morgan fingerprint density at radius 1 is 1.31 bits per heavy atom. The lowest BCUT2D eigenvalue weighted by atomic mass is 10.1. The Balaban J connectivity index is 2.76. The van der Waals surface area contributed by atoms with Crippen molar-refractivity contribution in [2.45, 2.75) is 18.9 Å². The van der Waals surface area contributed by atoms with Crippen molar-refractivity contribution in [1.82, 2.24) is 0 Å². The topological polar surface area (TPSA) is 26.0 Å². The van der Waals surface area contributed by atoms with Crippen LogP contribution < -0.4 is 5.73 Å². The average Bonchev–Trinajstić information content (AvgIpc) is 2.03. The van der Waals surface area contributed by atoms with Crippen LogP contribution in [-0.4, -0.2) is 6.43 Å². The molecular formula is C9H10F2IN. The Kier molecular flexibility index (Phi) is 4.05. The maximum absolute atomic E-state index is 12.0. The van der Waals surface area contributed by atoms with Crippen LogP contribution in [0.4, 0.5) is 8.78 Å². The highest BCUT2D eigenvalue weighted by Gasteiger charge is 2.14. The van der Waals surface area contributed by atoms with E-state index in [9.17, 15) is 8.78 Å².